The first-order valence-corrected chi connectivity index (χ1v) is 14.7. The van der Waals surface area contributed by atoms with E-state index in [1.54, 1.807) is 11.0 Å². The van der Waals surface area contributed by atoms with Gasteiger partial charge >= 0.3 is 6.01 Å². The molecule has 4 heterocycles. The van der Waals surface area contributed by atoms with Crippen LogP contribution in [0.2, 0.25) is 5.02 Å². The Morgan fingerprint density at radius 1 is 1.16 bits per heavy atom. The van der Waals surface area contributed by atoms with Crippen LogP contribution in [0.25, 0.3) is 33.1 Å². The summed E-state index contributed by atoms with van der Waals surface area (Å²) in [6.45, 7) is 6.40. The van der Waals surface area contributed by atoms with Crippen molar-refractivity contribution in [3.63, 3.8) is 0 Å². The Morgan fingerprint density at radius 2 is 2.02 bits per heavy atom. The van der Waals surface area contributed by atoms with Gasteiger partial charge in [0.2, 0.25) is 5.91 Å². The molecule has 2 aromatic carbocycles. The van der Waals surface area contributed by atoms with Gasteiger partial charge in [-0.05, 0) is 56.1 Å². The van der Waals surface area contributed by atoms with Crippen LogP contribution >= 0.6 is 11.6 Å². The molecule has 4 aromatic rings. The SMILES string of the molecule is C=CC(=O)N1CCN(c2nc(OCC3CCCN3C)nc3nc(-c4cccc5ccc(F)c(Cl)c45)ccc23)CC1CC#N. The van der Waals surface area contributed by atoms with Gasteiger partial charge in [-0.15, -0.1) is 0 Å². The van der Waals surface area contributed by atoms with Gasteiger partial charge in [0, 0.05) is 36.6 Å². The lowest BCUT2D eigenvalue weighted by Crippen LogP contribution is -2.55. The molecule has 0 N–H and O–H groups in total. The molecule has 0 radical (unpaired) electrons. The molecule has 6 rings (SSSR count). The van der Waals surface area contributed by atoms with E-state index in [2.05, 4.69) is 29.5 Å². The number of likely N-dealkylation sites (N-methyl/N-ethyl adjacent to an activating group) is 1. The number of hydrogen-bond acceptors (Lipinski definition) is 8. The number of nitrogens with zero attached hydrogens (tertiary/aromatic N) is 7. The fraction of sp³-hybridized carbons (Fsp3) is 0.344. The number of pyridine rings is 1. The molecule has 9 nitrogen and oxygen atoms in total. The topological polar surface area (TPSA) is 98.5 Å². The Balaban J connectivity index is 1.43. The molecule has 1 amide bonds. The number of halogens is 2. The fourth-order valence-corrected chi connectivity index (χ4v) is 6.32. The first kappa shape index (κ1) is 28.8. The minimum Gasteiger partial charge on any atom is -0.462 e. The van der Waals surface area contributed by atoms with Crippen LogP contribution < -0.4 is 9.64 Å². The van der Waals surface area contributed by atoms with Gasteiger partial charge in [0.15, 0.2) is 5.65 Å². The lowest BCUT2D eigenvalue weighted by molar-refractivity contribution is -0.128. The minimum absolute atomic E-state index is 0.0403. The second-order valence-corrected chi connectivity index (χ2v) is 11.3. The van der Waals surface area contributed by atoms with Gasteiger partial charge in [-0.2, -0.15) is 15.2 Å². The summed E-state index contributed by atoms with van der Waals surface area (Å²) in [7, 11) is 2.08. The van der Waals surface area contributed by atoms with Gasteiger partial charge in [0.1, 0.15) is 18.2 Å². The summed E-state index contributed by atoms with van der Waals surface area (Å²) in [6.07, 6.45) is 3.61. The predicted molar refractivity (Wildman–Crippen MR) is 165 cm³/mol. The molecule has 2 saturated heterocycles. The first-order valence-electron chi connectivity index (χ1n) is 14.3. The Morgan fingerprint density at radius 3 is 2.79 bits per heavy atom. The molecule has 2 atom stereocenters. The molecular formula is C32H31ClFN7O2. The molecule has 0 spiro atoms. The van der Waals surface area contributed by atoms with E-state index in [0.717, 1.165) is 24.8 Å². The number of benzene rings is 2. The summed E-state index contributed by atoms with van der Waals surface area (Å²) in [5, 5.41) is 11.6. The van der Waals surface area contributed by atoms with Gasteiger partial charge in [-0.3, -0.25) is 4.79 Å². The molecule has 2 aliphatic heterocycles. The number of aromatic nitrogens is 3. The van der Waals surface area contributed by atoms with Gasteiger partial charge in [-0.1, -0.05) is 42.4 Å². The van der Waals surface area contributed by atoms with Crippen LogP contribution in [-0.2, 0) is 4.79 Å². The number of rotatable bonds is 7. The number of nitriles is 1. The number of anilines is 1. The van der Waals surface area contributed by atoms with E-state index in [-0.39, 0.29) is 35.4 Å². The van der Waals surface area contributed by atoms with E-state index in [9.17, 15) is 14.4 Å². The van der Waals surface area contributed by atoms with Gasteiger partial charge in [0.25, 0.3) is 0 Å². The number of ether oxygens (including phenoxy) is 1. The van der Waals surface area contributed by atoms with Crippen molar-refractivity contribution in [2.24, 2.45) is 0 Å². The Kier molecular flexibility index (Phi) is 8.10. The highest BCUT2D eigenvalue weighted by Crippen LogP contribution is 2.36. The molecule has 2 aliphatic rings. The standard InChI is InChI=1S/C32H31ClFN7O2/c1-3-27(42)41-17-16-40(18-21(41)13-14-35)31-24-10-12-26(23-8-4-6-20-9-11-25(34)29(33)28(20)23)36-30(24)37-32(38-31)43-19-22-7-5-15-39(22)2/h3-4,6,8-12,21-22H,1,5,7,13,15-19H2,2H3. The van der Waals surface area contributed by atoms with Crippen molar-refractivity contribution < 1.29 is 13.9 Å². The van der Waals surface area contributed by atoms with Crippen LogP contribution in [0.3, 0.4) is 0 Å². The maximum absolute atomic E-state index is 14.5. The van der Waals surface area contributed by atoms with E-state index < -0.39 is 5.82 Å². The van der Waals surface area contributed by atoms with Crippen molar-refractivity contribution in [3.05, 3.63) is 66.0 Å². The third-order valence-corrected chi connectivity index (χ3v) is 8.74. The molecule has 0 bridgehead atoms. The Bertz CT molecular complexity index is 1760. The number of carbonyl (C=O) groups excluding carboxylic acids is 1. The van der Waals surface area contributed by atoms with Gasteiger partial charge in [0.05, 0.1) is 34.6 Å². The summed E-state index contributed by atoms with van der Waals surface area (Å²) >= 11 is 6.43. The molecule has 43 heavy (non-hydrogen) atoms. The quantitative estimate of drug-likeness (QED) is 0.267. The lowest BCUT2D eigenvalue weighted by atomic mass is 10.0. The second-order valence-electron chi connectivity index (χ2n) is 10.9. The van der Waals surface area contributed by atoms with Crippen LogP contribution in [0.5, 0.6) is 6.01 Å². The largest absolute Gasteiger partial charge is 0.462 e. The second kappa shape index (κ2) is 12.1. The van der Waals surface area contributed by atoms with E-state index >= 15 is 0 Å². The predicted octanol–water partition coefficient (Wildman–Crippen LogP) is 5.23. The van der Waals surface area contributed by atoms with E-state index in [1.165, 1.54) is 12.1 Å². The number of piperazine rings is 1. The van der Waals surface area contributed by atoms with Crippen molar-refractivity contribution in [2.45, 2.75) is 31.3 Å². The highest BCUT2D eigenvalue weighted by molar-refractivity contribution is 6.36. The van der Waals surface area contributed by atoms with Crippen molar-refractivity contribution in [2.75, 3.05) is 44.7 Å². The number of hydrogen-bond donors (Lipinski definition) is 0. The van der Waals surface area contributed by atoms with Gasteiger partial charge < -0.3 is 19.4 Å². The molecule has 220 valence electrons. The normalized spacial score (nSPS) is 19.1. The smallest absolute Gasteiger partial charge is 0.320 e. The first-order chi connectivity index (χ1) is 20.9. The van der Waals surface area contributed by atoms with Crippen LogP contribution in [0, 0.1) is 17.1 Å². The molecule has 2 aromatic heterocycles. The highest BCUT2D eigenvalue weighted by atomic mass is 35.5. The van der Waals surface area contributed by atoms with Crippen LogP contribution in [0.15, 0.2) is 55.1 Å². The number of likely N-dealkylation sites (tertiary alicyclic amines) is 1. The molecule has 2 fully saturated rings. The maximum atomic E-state index is 14.5. The third-order valence-electron chi connectivity index (χ3n) is 8.37. The Labute approximate surface area is 254 Å². The fourth-order valence-electron chi connectivity index (χ4n) is 6.05. The maximum Gasteiger partial charge on any atom is 0.320 e. The van der Waals surface area contributed by atoms with Crippen molar-refractivity contribution in [1.82, 2.24) is 24.8 Å². The monoisotopic (exact) mass is 599 g/mol. The molecule has 0 aliphatic carbocycles. The number of carbonyl (C=O) groups is 1. The van der Waals surface area contributed by atoms with Crippen LogP contribution in [0.4, 0.5) is 10.2 Å². The highest BCUT2D eigenvalue weighted by Gasteiger charge is 2.31. The zero-order valence-corrected chi connectivity index (χ0v) is 24.6. The summed E-state index contributed by atoms with van der Waals surface area (Å²) in [5.74, 6) is -0.0799. The molecule has 0 saturated carbocycles. The van der Waals surface area contributed by atoms with E-state index in [0.29, 0.717) is 59.7 Å². The number of amides is 1. The Hall–Kier alpha value is -4.33. The minimum atomic E-state index is -0.499. The molecule has 11 heteroatoms. The summed E-state index contributed by atoms with van der Waals surface area (Å²) in [4.78, 5) is 33.0. The zero-order valence-electron chi connectivity index (χ0n) is 23.8. The van der Waals surface area contributed by atoms with Crippen LogP contribution in [0.1, 0.15) is 19.3 Å². The summed E-state index contributed by atoms with van der Waals surface area (Å²) < 4.78 is 20.7. The van der Waals surface area contributed by atoms with Crippen molar-refractivity contribution in [3.8, 4) is 23.3 Å². The zero-order chi connectivity index (χ0) is 30.1. The summed E-state index contributed by atoms with van der Waals surface area (Å²) in [5.41, 5.74) is 1.69. The lowest BCUT2D eigenvalue weighted by Gasteiger charge is -2.41. The van der Waals surface area contributed by atoms with Gasteiger partial charge in [-0.25, -0.2) is 9.37 Å². The van der Waals surface area contributed by atoms with E-state index in [1.807, 2.05) is 30.3 Å². The van der Waals surface area contributed by atoms with Crippen molar-refractivity contribution in [1.29, 1.82) is 5.26 Å². The average molecular weight is 600 g/mol. The average Bonchev–Trinajstić information content (AvgIpc) is 3.44. The third kappa shape index (κ3) is 5.58. The summed E-state index contributed by atoms with van der Waals surface area (Å²) in [6, 6.07) is 14.8. The van der Waals surface area contributed by atoms with Crippen molar-refractivity contribution >= 4 is 45.1 Å². The molecular weight excluding hydrogens is 569 g/mol. The molecule has 2 unspecified atom stereocenters. The van der Waals surface area contributed by atoms with E-state index in [4.69, 9.17) is 31.3 Å². The number of fused-ring (bicyclic) bond motifs is 2. The van der Waals surface area contributed by atoms with Crippen LogP contribution in [-0.4, -0.2) is 82.6 Å².